The van der Waals surface area contributed by atoms with E-state index in [4.69, 9.17) is 10.00 Å². The third kappa shape index (κ3) is 3.95. The maximum atomic E-state index is 8.86. The molecule has 1 atom stereocenters. The number of benzene rings is 1. The number of aromatic amines is 1. The minimum absolute atomic E-state index is 0.0796. The van der Waals surface area contributed by atoms with Crippen LogP contribution in [0.4, 0.5) is 0 Å². The summed E-state index contributed by atoms with van der Waals surface area (Å²) < 4.78 is 5.83. The lowest BCUT2D eigenvalue weighted by Crippen LogP contribution is -2.38. The number of aryl methyl sites for hydroxylation is 1. The number of nitrogens with one attached hydrogen (secondary N) is 1. The molecule has 0 bridgehead atoms. The summed E-state index contributed by atoms with van der Waals surface area (Å²) in [6.07, 6.45) is 1.88. The van der Waals surface area contributed by atoms with Crippen molar-refractivity contribution in [2.24, 2.45) is 0 Å². The number of hydrogen-bond acceptors (Lipinski definition) is 5. The number of nitriles is 1. The van der Waals surface area contributed by atoms with Gasteiger partial charge < -0.3 is 4.74 Å². The van der Waals surface area contributed by atoms with Crippen molar-refractivity contribution in [3.63, 3.8) is 0 Å². The van der Waals surface area contributed by atoms with Gasteiger partial charge in [0.15, 0.2) is 5.82 Å². The molecule has 6 nitrogen and oxygen atoms in total. The van der Waals surface area contributed by atoms with Crippen LogP contribution in [0.1, 0.15) is 42.2 Å². The highest BCUT2D eigenvalue weighted by Gasteiger charge is 2.25. The number of hydrogen-bond donors (Lipinski definition) is 1. The van der Waals surface area contributed by atoms with Crippen molar-refractivity contribution in [2.75, 3.05) is 19.7 Å². The summed E-state index contributed by atoms with van der Waals surface area (Å²) in [5, 5.41) is 16.1. The lowest BCUT2D eigenvalue weighted by Gasteiger charge is -2.31. The largest absolute Gasteiger partial charge is 0.367 e. The summed E-state index contributed by atoms with van der Waals surface area (Å²) >= 11 is 0. The van der Waals surface area contributed by atoms with E-state index in [1.165, 1.54) is 5.56 Å². The minimum atomic E-state index is -0.0796. The van der Waals surface area contributed by atoms with Crippen molar-refractivity contribution in [3.8, 4) is 6.07 Å². The second-order valence-corrected chi connectivity index (χ2v) is 5.79. The molecule has 0 radical (unpaired) electrons. The number of morpholine rings is 1. The molecular weight excluding hydrogens is 290 g/mol. The van der Waals surface area contributed by atoms with Gasteiger partial charge in [-0.15, -0.1) is 0 Å². The summed E-state index contributed by atoms with van der Waals surface area (Å²) in [5.41, 5.74) is 1.89. The molecule has 1 aliphatic heterocycles. The topological polar surface area (TPSA) is 77.8 Å². The number of rotatable bonds is 5. The Morgan fingerprint density at radius 3 is 2.96 bits per heavy atom. The Balaban J connectivity index is 1.61. The zero-order chi connectivity index (χ0) is 16.1. The van der Waals surface area contributed by atoms with Crippen LogP contribution < -0.4 is 0 Å². The van der Waals surface area contributed by atoms with Gasteiger partial charge in [-0.3, -0.25) is 10.00 Å². The van der Waals surface area contributed by atoms with Gasteiger partial charge in [0.05, 0.1) is 18.2 Å². The third-order valence-corrected chi connectivity index (χ3v) is 3.96. The second kappa shape index (κ2) is 7.36. The van der Waals surface area contributed by atoms with Crippen LogP contribution in [-0.2, 0) is 17.7 Å². The average Bonchev–Trinajstić information content (AvgIpc) is 3.05. The highest BCUT2D eigenvalue weighted by molar-refractivity contribution is 5.31. The summed E-state index contributed by atoms with van der Waals surface area (Å²) in [6, 6.07) is 9.88. The molecule has 0 unspecified atom stereocenters. The summed E-state index contributed by atoms with van der Waals surface area (Å²) in [6.45, 7) is 5.32. The molecule has 1 aliphatic rings. The van der Waals surface area contributed by atoms with E-state index in [-0.39, 0.29) is 6.10 Å². The van der Waals surface area contributed by atoms with E-state index in [2.05, 4.69) is 33.1 Å². The lowest BCUT2D eigenvalue weighted by atomic mass is 10.1. The maximum absolute atomic E-state index is 8.86. The monoisotopic (exact) mass is 311 g/mol. The molecule has 0 aliphatic carbocycles. The fourth-order valence-electron chi connectivity index (χ4n) is 2.75. The van der Waals surface area contributed by atoms with Gasteiger partial charge in [0.2, 0.25) is 0 Å². The van der Waals surface area contributed by atoms with E-state index in [0.717, 1.165) is 44.1 Å². The lowest BCUT2D eigenvalue weighted by molar-refractivity contribution is -0.0370. The molecule has 0 amide bonds. The van der Waals surface area contributed by atoms with Crippen LogP contribution in [0.25, 0.3) is 0 Å². The van der Waals surface area contributed by atoms with E-state index in [9.17, 15) is 0 Å². The predicted molar refractivity (Wildman–Crippen MR) is 85.5 cm³/mol. The molecule has 1 saturated heterocycles. The molecular formula is C17H21N5O. The molecule has 120 valence electrons. The molecule has 23 heavy (non-hydrogen) atoms. The molecule has 1 N–H and O–H groups in total. The number of aromatic nitrogens is 3. The van der Waals surface area contributed by atoms with Crippen LogP contribution in [0.3, 0.4) is 0 Å². The van der Waals surface area contributed by atoms with Crippen LogP contribution in [0.15, 0.2) is 24.3 Å². The molecule has 0 saturated carbocycles. The molecule has 1 aromatic carbocycles. The molecule has 0 spiro atoms. The van der Waals surface area contributed by atoms with Gasteiger partial charge in [-0.25, -0.2) is 4.98 Å². The zero-order valence-corrected chi connectivity index (χ0v) is 13.3. The Morgan fingerprint density at radius 2 is 2.22 bits per heavy atom. The van der Waals surface area contributed by atoms with Gasteiger partial charge in [0.25, 0.3) is 0 Å². The van der Waals surface area contributed by atoms with E-state index in [0.29, 0.717) is 12.2 Å². The van der Waals surface area contributed by atoms with Crippen LogP contribution in [0, 0.1) is 11.3 Å². The summed E-state index contributed by atoms with van der Waals surface area (Å²) in [4.78, 5) is 6.87. The van der Waals surface area contributed by atoms with Crippen molar-refractivity contribution in [1.29, 1.82) is 5.26 Å². The fourth-order valence-corrected chi connectivity index (χ4v) is 2.75. The van der Waals surface area contributed by atoms with Crippen LogP contribution >= 0.6 is 0 Å². The number of nitrogens with zero attached hydrogens (tertiary/aromatic N) is 4. The summed E-state index contributed by atoms with van der Waals surface area (Å²) in [5.74, 6) is 1.67. The van der Waals surface area contributed by atoms with E-state index in [1.807, 2.05) is 24.3 Å². The van der Waals surface area contributed by atoms with Crippen molar-refractivity contribution in [3.05, 3.63) is 47.0 Å². The normalized spacial score (nSPS) is 18.7. The first-order valence-electron chi connectivity index (χ1n) is 8.02. The van der Waals surface area contributed by atoms with E-state index < -0.39 is 0 Å². The number of H-pyrrole nitrogens is 1. The standard InChI is InChI=1S/C17H21N5O/c1-2-3-16-19-17(21-20-16)15-12-22(8-9-23-15)11-14-6-4-13(10-18)5-7-14/h4-7,15H,2-3,8-9,11-12H2,1H3,(H,19,20,21)/t15-/m1/s1. The summed E-state index contributed by atoms with van der Waals surface area (Å²) in [7, 11) is 0. The first-order valence-corrected chi connectivity index (χ1v) is 8.02. The second-order valence-electron chi connectivity index (χ2n) is 5.79. The van der Waals surface area contributed by atoms with Crippen molar-refractivity contribution in [1.82, 2.24) is 20.1 Å². The first-order chi connectivity index (χ1) is 11.3. The van der Waals surface area contributed by atoms with Gasteiger partial charge in [-0.2, -0.15) is 10.4 Å². The Hall–Kier alpha value is -2.23. The Bertz CT molecular complexity index is 673. The molecule has 3 rings (SSSR count). The van der Waals surface area contributed by atoms with Gasteiger partial charge >= 0.3 is 0 Å². The smallest absolute Gasteiger partial charge is 0.180 e. The highest BCUT2D eigenvalue weighted by Crippen LogP contribution is 2.21. The highest BCUT2D eigenvalue weighted by atomic mass is 16.5. The van der Waals surface area contributed by atoms with Crippen LogP contribution in [0.5, 0.6) is 0 Å². The molecule has 2 aromatic rings. The van der Waals surface area contributed by atoms with Crippen LogP contribution in [0.2, 0.25) is 0 Å². The molecule has 2 heterocycles. The van der Waals surface area contributed by atoms with E-state index >= 15 is 0 Å². The SMILES string of the molecule is CCCc1nc([C@H]2CN(Cc3ccc(C#N)cc3)CCO2)n[nH]1. The fraction of sp³-hybridized carbons (Fsp3) is 0.471. The zero-order valence-electron chi connectivity index (χ0n) is 13.3. The Morgan fingerprint density at radius 1 is 1.39 bits per heavy atom. The average molecular weight is 311 g/mol. The molecule has 6 heteroatoms. The molecule has 1 aromatic heterocycles. The van der Waals surface area contributed by atoms with Crippen molar-refractivity contribution < 1.29 is 4.74 Å². The van der Waals surface area contributed by atoms with Crippen molar-refractivity contribution >= 4 is 0 Å². The predicted octanol–water partition coefficient (Wildman–Crippen LogP) is 2.20. The van der Waals surface area contributed by atoms with E-state index in [1.54, 1.807) is 0 Å². The Labute approximate surface area is 136 Å². The molecule has 1 fully saturated rings. The van der Waals surface area contributed by atoms with Crippen LogP contribution in [-0.4, -0.2) is 39.8 Å². The van der Waals surface area contributed by atoms with Gasteiger partial charge in [-0.05, 0) is 24.1 Å². The number of ether oxygens (including phenoxy) is 1. The van der Waals surface area contributed by atoms with Crippen molar-refractivity contribution in [2.45, 2.75) is 32.4 Å². The van der Waals surface area contributed by atoms with Gasteiger partial charge in [0.1, 0.15) is 11.9 Å². The van der Waals surface area contributed by atoms with Gasteiger partial charge in [-0.1, -0.05) is 19.1 Å². The quantitative estimate of drug-likeness (QED) is 0.916. The maximum Gasteiger partial charge on any atom is 0.180 e. The Kier molecular flexibility index (Phi) is 5.01. The first kappa shape index (κ1) is 15.7. The van der Waals surface area contributed by atoms with Gasteiger partial charge in [0, 0.05) is 26.1 Å². The minimum Gasteiger partial charge on any atom is -0.367 e. The third-order valence-electron chi connectivity index (χ3n) is 3.96.